The highest BCUT2D eigenvalue weighted by Crippen LogP contribution is 2.48. The molecule has 2 nitrogen and oxygen atoms in total. The van der Waals surface area contributed by atoms with Crippen molar-refractivity contribution < 1.29 is 4.42 Å². The van der Waals surface area contributed by atoms with Gasteiger partial charge in [-0.05, 0) is 58.6 Å². The number of furan rings is 1. The fourth-order valence-electron chi connectivity index (χ4n) is 6.35. The van der Waals surface area contributed by atoms with Gasteiger partial charge in [-0.2, -0.15) is 0 Å². The van der Waals surface area contributed by atoms with Crippen LogP contribution in [0.4, 0.5) is 17.1 Å². The van der Waals surface area contributed by atoms with Gasteiger partial charge in [-0.1, -0.05) is 97.1 Å². The molecule has 0 atom stereocenters. The standard InChI is InChI=1S/C38H23NOS/c1-2-11-26-23-27(21-19-24(26)9-1)39(32-15-8-18-35-36(32)31-13-5-6-17-34(31)41-35)33-16-7-14-29-30-22-20-25-10-3-4-12-28(25)37(30)40-38(29)33/h1-23H. The number of para-hydroxylation sites is 1. The van der Waals surface area contributed by atoms with Crippen LogP contribution in [0.5, 0.6) is 0 Å². The maximum atomic E-state index is 6.85. The topological polar surface area (TPSA) is 16.4 Å². The van der Waals surface area contributed by atoms with E-state index in [-0.39, 0.29) is 0 Å². The molecule has 2 aromatic heterocycles. The largest absolute Gasteiger partial charge is 0.453 e. The summed E-state index contributed by atoms with van der Waals surface area (Å²) in [5, 5.41) is 9.55. The summed E-state index contributed by atoms with van der Waals surface area (Å²) in [5.41, 5.74) is 5.10. The number of fused-ring (bicyclic) bond motifs is 9. The Morgan fingerprint density at radius 3 is 2.02 bits per heavy atom. The summed E-state index contributed by atoms with van der Waals surface area (Å²) < 4.78 is 9.42. The lowest BCUT2D eigenvalue weighted by molar-refractivity contribution is 0.673. The van der Waals surface area contributed by atoms with Crippen LogP contribution in [0.15, 0.2) is 144 Å². The van der Waals surface area contributed by atoms with E-state index in [9.17, 15) is 0 Å². The van der Waals surface area contributed by atoms with Crippen molar-refractivity contribution in [1.29, 1.82) is 0 Å². The van der Waals surface area contributed by atoms with Crippen LogP contribution in [0.1, 0.15) is 0 Å². The van der Waals surface area contributed by atoms with Gasteiger partial charge in [0, 0.05) is 42.0 Å². The maximum absolute atomic E-state index is 6.85. The Balaban J connectivity index is 1.41. The second-order valence-corrected chi connectivity index (χ2v) is 11.6. The molecule has 9 rings (SSSR count). The summed E-state index contributed by atoms with van der Waals surface area (Å²) in [5.74, 6) is 0. The second kappa shape index (κ2) is 8.69. The number of hydrogen-bond donors (Lipinski definition) is 0. The van der Waals surface area contributed by atoms with E-state index in [1.54, 1.807) is 0 Å². The Bertz CT molecular complexity index is 2450. The van der Waals surface area contributed by atoms with Gasteiger partial charge in [0.25, 0.3) is 0 Å². The highest BCUT2D eigenvalue weighted by Gasteiger charge is 2.23. The lowest BCUT2D eigenvalue weighted by atomic mass is 10.0. The maximum Gasteiger partial charge on any atom is 0.159 e. The molecular weight excluding hydrogens is 518 g/mol. The van der Waals surface area contributed by atoms with Crippen LogP contribution in [-0.4, -0.2) is 0 Å². The molecule has 0 radical (unpaired) electrons. The minimum Gasteiger partial charge on any atom is -0.453 e. The first kappa shape index (κ1) is 22.7. The zero-order valence-electron chi connectivity index (χ0n) is 22.0. The first-order chi connectivity index (χ1) is 20.3. The lowest BCUT2D eigenvalue weighted by Gasteiger charge is -2.27. The van der Waals surface area contributed by atoms with Gasteiger partial charge >= 0.3 is 0 Å². The van der Waals surface area contributed by atoms with Gasteiger partial charge in [0.05, 0.1) is 11.4 Å². The summed E-state index contributed by atoms with van der Waals surface area (Å²) in [6, 6.07) is 50.0. The van der Waals surface area contributed by atoms with Crippen molar-refractivity contribution in [3.05, 3.63) is 140 Å². The Morgan fingerprint density at radius 2 is 1.10 bits per heavy atom. The number of hydrogen-bond acceptors (Lipinski definition) is 3. The van der Waals surface area contributed by atoms with E-state index in [2.05, 4.69) is 144 Å². The molecule has 192 valence electrons. The molecule has 0 saturated carbocycles. The van der Waals surface area contributed by atoms with Crippen molar-refractivity contribution in [2.24, 2.45) is 0 Å². The molecule has 2 heterocycles. The van der Waals surface area contributed by atoms with Crippen molar-refractivity contribution >= 4 is 92.1 Å². The molecule has 0 aliphatic carbocycles. The quantitative estimate of drug-likeness (QED) is 0.221. The van der Waals surface area contributed by atoms with E-state index in [0.717, 1.165) is 44.4 Å². The fourth-order valence-corrected chi connectivity index (χ4v) is 7.48. The first-order valence-electron chi connectivity index (χ1n) is 13.9. The van der Waals surface area contributed by atoms with Gasteiger partial charge in [-0.15, -0.1) is 11.3 Å². The van der Waals surface area contributed by atoms with E-state index in [1.165, 1.54) is 36.3 Å². The van der Waals surface area contributed by atoms with Gasteiger partial charge in [0.1, 0.15) is 5.58 Å². The van der Waals surface area contributed by atoms with Gasteiger partial charge in [0.15, 0.2) is 5.58 Å². The minimum atomic E-state index is 0.892. The average molecular weight is 542 g/mol. The minimum absolute atomic E-state index is 0.892. The molecule has 0 saturated heterocycles. The molecule has 0 unspecified atom stereocenters. The summed E-state index contributed by atoms with van der Waals surface area (Å²) in [7, 11) is 0. The third-order valence-corrected chi connectivity index (χ3v) is 9.36. The normalized spacial score (nSPS) is 11.9. The first-order valence-corrected chi connectivity index (χ1v) is 14.7. The predicted molar refractivity (Wildman–Crippen MR) is 176 cm³/mol. The van der Waals surface area contributed by atoms with Crippen LogP contribution >= 0.6 is 11.3 Å². The van der Waals surface area contributed by atoms with Crippen LogP contribution < -0.4 is 4.90 Å². The SMILES string of the molecule is c1ccc2cc(N(c3cccc4c3oc3c5ccccc5ccc43)c3cccc4sc5ccccc5c34)ccc2c1. The Hall–Kier alpha value is -5.12. The van der Waals surface area contributed by atoms with Crippen molar-refractivity contribution in [2.75, 3.05) is 4.90 Å². The van der Waals surface area contributed by atoms with Crippen molar-refractivity contribution in [1.82, 2.24) is 0 Å². The Kier molecular flexibility index (Phi) is 4.80. The summed E-state index contributed by atoms with van der Waals surface area (Å²) in [4.78, 5) is 2.39. The Morgan fingerprint density at radius 1 is 0.439 bits per heavy atom. The average Bonchev–Trinajstić information content (AvgIpc) is 3.61. The van der Waals surface area contributed by atoms with Crippen LogP contribution in [0, 0.1) is 0 Å². The number of anilines is 3. The fraction of sp³-hybridized carbons (Fsp3) is 0. The van der Waals surface area contributed by atoms with E-state index in [1.807, 2.05) is 11.3 Å². The van der Waals surface area contributed by atoms with Crippen LogP contribution in [0.25, 0.3) is 63.7 Å². The number of benzene rings is 7. The number of rotatable bonds is 3. The molecular formula is C38H23NOS. The van der Waals surface area contributed by atoms with E-state index < -0.39 is 0 Å². The van der Waals surface area contributed by atoms with E-state index in [4.69, 9.17) is 4.42 Å². The van der Waals surface area contributed by atoms with Gasteiger partial charge in [-0.3, -0.25) is 0 Å². The molecule has 3 heteroatoms. The van der Waals surface area contributed by atoms with Gasteiger partial charge in [0.2, 0.25) is 0 Å². The molecule has 41 heavy (non-hydrogen) atoms. The monoisotopic (exact) mass is 541 g/mol. The third-order valence-electron chi connectivity index (χ3n) is 8.22. The van der Waals surface area contributed by atoms with Crippen LogP contribution in [0.3, 0.4) is 0 Å². The lowest BCUT2D eigenvalue weighted by Crippen LogP contribution is -2.10. The molecule has 0 aliphatic rings. The zero-order valence-corrected chi connectivity index (χ0v) is 22.9. The molecule has 0 spiro atoms. The predicted octanol–water partition coefficient (Wildman–Crippen LogP) is 11.7. The molecule has 0 N–H and O–H groups in total. The van der Waals surface area contributed by atoms with Crippen LogP contribution in [-0.2, 0) is 0 Å². The summed E-state index contributed by atoms with van der Waals surface area (Å²) in [6.45, 7) is 0. The number of nitrogens with zero attached hydrogens (tertiary/aromatic N) is 1. The number of thiophene rings is 1. The molecule has 9 aromatic rings. The van der Waals surface area contributed by atoms with Gasteiger partial charge in [-0.25, -0.2) is 0 Å². The van der Waals surface area contributed by atoms with Crippen molar-refractivity contribution in [3.8, 4) is 0 Å². The second-order valence-electron chi connectivity index (χ2n) is 10.5. The highest BCUT2D eigenvalue weighted by molar-refractivity contribution is 7.26. The van der Waals surface area contributed by atoms with E-state index in [0.29, 0.717) is 0 Å². The highest BCUT2D eigenvalue weighted by atomic mass is 32.1. The molecule has 0 amide bonds. The van der Waals surface area contributed by atoms with Crippen molar-refractivity contribution in [3.63, 3.8) is 0 Å². The smallest absolute Gasteiger partial charge is 0.159 e. The summed E-state index contributed by atoms with van der Waals surface area (Å²) >= 11 is 1.84. The van der Waals surface area contributed by atoms with Crippen molar-refractivity contribution in [2.45, 2.75) is 0 Å². The van der Waals surface area contributed by atoms with Crippen LogP contribution in [0.2, 0.25) is 0 Å². The van der Waals surface area contributed by atoms with E-state index >= 15 is 0 Å². The van der Waals surface area contributed by atoms with Gasteiger partial charge < -0.3 is 9.32 Å². The molecule has 0 bridgehead atoms. The molecule has 0 aliphatic heterocycles. The molecule has 7 aromatic carbocycles. The zero-order chi connectivity index (χ0) is 26.9. The molecule has 0 fully saturated rings. The summed E-state index contributed by atoms with van der Waals surface area (Å²) in [6.07, 6.45) is 0. The third kappa shape index (κ3) is 3.36. The Labute approximate surface area is 240 Å².